The molecule has 3 N–H and O–H groups in total. The summed E-state index contributed by atoms with van der Waals surface area (Å²) < 4.78 is 0. The zero-order valence-corrected chi connectivity index (χ0v) is 14.2. The molecule has 2 amide bonds. The monoisotopic (exact) mass is 322 g/mol. The van der Waals surface area contributed by atoms with Crippen LogP contribution in [0.4, 0.5) is 10.6 Å². The van der Waals surface area contributed by atoms with Crippen molar-refractivity contribution in [3.63, 3.8) is 0 Å². The Morgan fingerprint density at radius 1 is 1.12 bits per heavy atom. The second-order valence-electron chi connectivity index (χ2n) is 6.43. The van der Waals surface area contributed by atoms with E-state index in [9.17, 15) is 4.79 Å². The third-order valence-electron chi connectivity index (χ3n) is 3.85. The number of hydrogen-bond acceptors (Lipinski definition) is 2. The number of nitrogens with one attached hydrogen (secondary N) is 3. The van der Waals surface area contributed by atoms with Crippen molar-refractivity contribution in [3.05, 3.63) is 48.0 Å². The lowest BCUT2D eigenvalue weighted by Gasteiger charge is -2.08. The molecular weight excluding hydrogens is 300 g/mol. The van der Waals surface area contributed by atoms with Crippen LogP contribution >= 0.6 is 0 Å². The van der Waals surface area contributed by atoms with E-state index in [1.54, 1.807) is 0 Å². The molecule has 0 saturated heterocycles. The number of rotatable bonds is 4. The van der Waals surface area contributed by atoms with E-state index in [0.717, 1.165) is 22.0 Å². The fourth-order valence-corrected chi connectivity index (χ4v) is 2.49. The third kappa shape index (κ3) is 3.56. The van der Waals surface area contributed by atoms with Crippen LogP contribution in [-0.4, -0.2) is 22.8 Å². The van der Waals surface area contributed by atoms with E-state index in [1.807, 2.05) is 18.2 Å². The molecule has 0 saturated carbocycles. The van der Waals surface area contributed by atoms with Gasteiger partial charge in [-0.3, -0.25) is 10.4 Å². The number of amides is 2. The van der Waals surface area contributed by atoms with Crippen molar-refractivity contribution in [2.45, 2.75) is 20.8 Å². The average molecular weight is 322 g/mol. The molecule has 0 bridgehead atoms. The summed E-state index contributed by atoms with van der Waals surface area (Å²) in [5.41, 5.74) is 4.40. The normalized spacial score (nSPS) is 11.0. The number of aryl methyl sites for hydroxylation is 1. The standard InChI is InChI=1S/C19H22N4O/c1-12(2)11-20-19(24)21-18-16-9-8-15(10-17(16)22-23-18)14-6-4-13(3)5-7-14/h4-10,12H,11H2,1-3H3,(H3,20,21,22,23,24). The van der Waals surface area contributed by atoms with E-state index in [2.05, 4.69) is 65.9 Å². The summed E-state index contributed by atoms with van der Waals surface area (Å²) in [6.45, 7) is 6.81. The molecule has 2 aromatic carbocycles. The Kier molecular flexibility index (Phi) is 4.51. The molecule has 0 fully saturated rings. The lowest BCUT2D eigenvalue weighted by Crippen LogP contribution is -2.31. The molecule has 0 aliphatic heterocycles. The molecule has 5 nitrogen and oxygen atoms in total. The molecule has 24 heavy (non-hydrogen) atoms. The molecule has 5 heteroatoms. The first-order valence-electron chi connectivity index (χ1n) is 8.13. The van der Waals surface area contributed by atoms with E-state index in [1.165, 1.54) is 5.56 Å². The predicted octanol–water partition coefficient (Wildman–Crippen LogP) is 4.32. The third-order valence-corrected chi connectivity index (χ3v) is 3.85. The summed E-state index contributed by atoms with van der Waals surface area (Å²) in [4.78, 5) is 11.9. The Bertz CT molecular complexity index is 849. The number of anilines is 1. The van der Waals surface area contributed by atoms with E-state index in [0.29, 0.717) is 18.3 Å². The Morgan fingerprint density at radius 3 is 2.54 bits per heavy atom. The summed E-state index contributed by atoms with van der Waals surface area (Å²) in [5.74, 6) is 0.949. The van der Waals surface area contributed by atoms with Crippen molar-refractivity contribution >= 4 is 22.8 Å². The van der Waals surface area contributed by atoms with Crippen molar-refractivity contribution in [2.24, 2.45) is 5.92 Å². The second-order valence-corrected chi connectivity index (χ2v) is 6.43. The number of aromatic amines is 1. The number of aromatic nitrogens is 2. The molecule has 1 aromatic heterocycles. The molecule has 0 aliphatic rings. The number of hydrogen-bond donors (Lipinski definition) is 3. The maximum absolute atomic E-state index is 11.9. The van der Waals surface area contributed by atoms with Gasteiger partial charge in [0, 0.05) is 11.9 Å². The minimum absolute atomic E-state index is 0.236. The molecular formula is C19H22N4O. The Balaban J connectivity index is 1.81. The Labute approximate surface area is 141 Å². The molecule has 3 rings (SSSR count). The number of H-pyrrole nitrogens is 1. The van der Waals surface area contributed by atoms with Crippen molar-refractivity contribution in [2.75, 3.05) is 11.9 Å². The summed E-state index contributed by atoms with van der Waals surface area (Å²) in [6, 6.07) is 14.2. The van der Waals surface area contributed by atoms with Gasteiger partial charge in [-0.2, -0.15) is 5.10 Å². The van der Waals surface area contributed by atoms with Crippen molar-refractivity contribution < 1.29 is 4.79 Å². The fourth-order valence-electron chi connectivity index (χ4n) is 2.49. The molecule has 1 heterocycles. The molecule has 0 radical (unpaired) electrons. The zero-order valence-electron chi connectivity index (χ0n) is 14.2. The van der Waals surface area contributed by atoms with E-state index in [-0.39, 0.29) is 6.03 Å². The highest BCUT2D eigenvalue weighted by atomic mass is 16.2. The van der Waals surface area contributed by atoms with Gasteiger partial charge in [-0.05, 0) is 36.1 Å². The SMILES string of the molecule is Cc1ccc(-c2ccc3c(NC(=O)NCC(C)C)n[nH]c3c2)cc1. The topological polar surface area (TPSA) is 69.8 Å². The smallest absolute Gasteiger partial charge is 0.320 e. The van der Waals surface area contributed by atoms with Gasteiger partial charge in [-0.1, -0.05) is 49.7 Å². The van der Waals surface area contributed by atoms with Gasteiger partial charge < -0.3 is 5.32 Å². The van der Waals surface area contributed by atoms with Crippen LogP contribution in [0.15, 0.2) is 42.5 Å². The zero-order chi connectivity index (χ0) is 17.1. The molecule has 0 unspecified atom stereocenters. The van der Waals surface area contributed by atoms with Crippen molar-refractivity contribution in [1.82, 2.24) is 15.5 Å². The van der Waals surface area contributed by atoms with Crippen LogP contribution in [0.2, 0.25) is 0 Å². The number of nitrogens with zero attached hydrogens (tertiary/aromatic N) is 1. The summed E-state index contributed by atoms with van der Waals surface area (Å²) >= 11 is 0. The van der Waals surface area contributed by atoms with E-state index < -0.39 is 0 Å². The maximum atomic E-state index is 11.9. The van der Waals surface area contributed by atoms with Gasteiger partial charge >= 0.3 is 6.03 Å². The van der Waals surface area contributed by atoms with Crippen LogP contribution in [-0.2, 0) is 0 Å². The van der Waals surface area contributed by atoms with Crippen LogP contribution in [0, 0.1) is 12.8 Å². The predicted molar refractivity (Wildman–Crippen MR) is 98.1 cm³/mol. The highest BCUT2D eigenvalue weighted by Crippen LogP contribution is 2.27. The molecule has 0 atom stereocenters. The second kappa shape index (κ2) is 6.74. The average Bonchev–Trinajstić information content (AvgIpc) is 2.96. The van der Waals surface area contributed by atoms with Crippen LogP contribution in [0.3, 0.4) is 0 Å². The minimum Gasteiger partial charge on any atom is -0.338 e. The van der Waals surface area contributed by atoms with Gasteiger partial charge in [0.15, 0.2) is 5.82 Å². The van der Waals surface area contributed by atoms with Crippen molar-refractivity contribution in [3.8, 4) is 11.1 Å². The number of carbonyl (C=O) groups is 1. The lowest BCUT2D eigenvalue weighted by molar-refractivity contribution is 0.251. The van der Waals surface area contributed by atoms with Crippen LogP contribution in [0.1, 0.15) is 19.4 Å². The highest BCUT2D eigenvalue weighted by Gasteiger charge is 2.10. The number of urea groups is 1. The molecule has 0 aliphatic carbocycles. The quantitative estimate of drug-likeness (QED) is 0.669. The van der Waals surface area contributed by atoms with E-state index in [4.69, 9.17) is 0 Å². The van der Waals surface area contributed by atoms with Crippen LogP contribution < -0.4 is 10.6 Å². The molecule has 3 aromatic rings. The summed E-state index contributed by atoms with van der Waals surface area (Å²) in [7, 11) is 0. The molecule has 124 valence electrons. The number of carbonyl (C=O) groups excluding carboxylic acids is 1. The van der Waals surface area contributed by atoms with Gasteiger partial charge in [-0.25, -0.2) is 4.79 Å². The molecule has 0 spiro atoms. The van der Waals surface area contributed by atoms with Gasteiger partial charge in [0.05, 0.1) is 5.52 Å². The van der Waals surface area contributed by atoms with Crippen LogP contribution in [0.5, 0.6) is 0 Å². The first-order valence-corrected chi connectivity index (χ1v) is 8.13. The maximum Gasteiger partial charge on any atom is 0.320 e. The summed E-state index contributed by atoms with van der Waals surface area (Å²) in [6.07, 6.45) is 0. The van der Waals surface area contributed by atoms with Gasteiger partial charge in [0.2, 0.25) is 0 Å². The highest BCUT2D eigenvalue weighted by molar-refractivity contribution is 6.00. The lowest BCUT2D eigenvalue weighted by atomic mass is 10.0. The Hall–Kier alpha value is -2.82. The fraction of sp³-hybridized carbons (Fsp3) is 0.263. The summed E-state index contributed by atoms with van der Waals surface area (Å²) in [5, 5.41) is 13.7. The first kappa shape index (κ1) is 16.1. The minimum atomic E-state index is -0.236. The first-order chi connectivity index (χ1) is 11.5. The van der Waals surface area contributed by atoms with E-state index >= 15 is 0 Å². The number of benzene rings is 2. The largest absolute Gasteiger partial charge is 0.338 e. The van der Waals surface area contributed by atoms with Crippen LogP contribution in [0.25, 0.3) is 22.0 Å². The van der Waals surface area contributed by atoms with Crippen molar-refractivity contribution in [1.29, 1.82) is 0 Å². The Morgan fingerprint density at radius 2 is 1.83 bits per heavy atom. The van der Waals surface area contributed by atoms with Gasteiger partial charge in [-0.15, -0.1) is 0 Å². The number of fused-ring (bicyclic) bond motifs is 1. The van der Waals surface area contributed by atoms with Gasteiger partial charge in [0.1, 0.15) is 0 Å². The van der Waals surface area contributed by atoms with Gasteiger partial charge in [0.25, 0.3) is 0 Å².